The lowest BCUT2D eigenvalue weighted by atomic mass is 9.99. The summed E-state index contributed by atoms with van der Waals surface area (Å²) in [7, 11) is 0. The first-order chi connectivity index (χ1) is 8.42. The Bertz CT molecular complexity index is 371. The minimum Gasteiger partial charge on any atom is -0.316 e. The highest BCUT2D eigenvalue weighted by atomic mass is 15.1. The van der Waals surface area contributed by atoms with Gasteiger partial charge in [0, 0.05) is 6.54 Å². The third-order valence-corrected chi connectivity index (χ3v) is 4.15. The van der Waals surface area contributed by atoms with Crippen LogP contribution in [-0.4, -0.2) is 31.1 Å². The molecule has 0 aliphatic carbocycles. The molecule has 2 aliphatic heterocycles. The number of aryl methyl sites for hydroxylation is 1. The van der Waals surface area contributed by atoms with E-state index in [0.29, 0.717) is 0 Å². The SMILES string of the molecule is c1ccc2c(c1)CCCN(CCC1CNC1)C2. The van der Waals surface area contributed by atoms with Gasteiger partial charge in [-0.05, 0) is 62.5 Å². The zero-order chi connectivity index (χ0) is 11.5. The Kier molecular flexibility index (Phi) is 3.44. The molecule has 0 unspecified atom stereocenters. The smallest absolute Gasteiger partial charge is 0.0236 e. The molecule has 1 N–H and O–H groups in total. The standard InChI is InChI=1S/C15H22N2/c1-2-5-15-12-17(8-3-6-14(15)4-1)9-7-13-10-16-11-13/h1-2,4-5,13,16H,3,6-12H2. The molecule has 0 bridgehead atoms. The summed E-state index contributed by atoms with van der Waals surface area (Å²) in [5.41, 5.74) is 3.12. The highest BCUT2D eigenvalue weighted by Gasteiger charge is 2.19. The molecule has 2 heteroatoms. The third-order valence-electron chi connectivity index (χ3n) is 4.15. The molecule has 0 aromatic heterocycles. The van der Waals surface area contributed by atoms with Crippen LogP contribution in [0, 0.1) is 5.92 Å². The molecule has 2 nitrogen and oxygen atoms in total. The molecule has 0 radical (unpaired) electrons. The molecular formula is C15H22N2. The number of nitrogens with one attached hydrogen (secondary N) is 1. The monoisotopic (exact) mass is 230 g/mol. The molecule has 0 atom stereocenters. The van der Waals surface area contributed by atoms with Crippen LogP contribution in [0.1, 0.15) is 24.0 Å². The van der Waals surface area contributed by atoms with Crippen LogP contribution in [0.15, 0.2) is 24.3 Å². The van der Waals surface area contributed by atoms with E-state index in [2.05, 4.69) is 34.5 Å². The lowest BCUT2D eigenvalue weighted by Gasteiger charge is -2.30. The summed E-state index contributed by atoms with van der Waals surface area (Å²) in [6.45, 7) is 6.20. The Hall–Kier alpha value is -0.860. The maximum absolute atomic E-state index is 3.36. The fourth-order valence-electron chi connectivity index (χ4n) is 2.88. The van der Waals surface area contributed by atoms with Crippen molar-refractivity contribution in [2.24, 2.45) is 5.92 Å². The van der Waals surface area contributed by atoms with Crippen LogP contribution in [0.5, 0.6) is 0 Å². The molecule has 3 rings (SSSR count). The average molecular weight is 230 g/mol. The molecular weight excluding hydrogens is 208 g/mol. The second kappa shape index (κ2) is 5.19. The Balaban J connectivity index is 1.59. The first-order valence-electron chi connectivity index (χ1n) is 6.91. The van der Waals surface area contributed by atoms with Gasteiger partial charge in [0.1, 0.15) is 0 Å². The average Bonchev–Trinajstić information content (AvgIpc) is 2.48. The number of rotatable bonds is 3. The van der Waals surface area contributed by atoms with Crippen LogP contribution < -0.4 is 5.32 Å². The fourth-order valence-corrected chi connectivity index (χ4v) is 2.88. The molecule has 1 fully saturated rings. The Labute approximate surface area is 104 Å². The van der Waals surface area contributed by atoms with Gasteiger partial charge in [-0.2, -0.15) is 0 Å². The Morgan fingerprint density at radius 1 is 1.18 bits per heavy atom. The minimum absolute atomic E-state index is 0.938. The summed E-state index contributed by atoms with van der Waals surface area (Å²) >= 11 is 0. The van der Waals surface area contributed by atoms with E-state index in [-0.39, 0.29) is 0 Å². The van der Waals surface area contributed by atoms with E-state index in [9.17, 15) is 0 Å². The van der Waals surface area contributed by atoms with E-state index in [1.807, 2.05) is 0 Å². The molecule has 1 saturated heterocycles. The maximum atomic E-state index is 3.36. The molecule has 0 saturated carbocycles. The number of fused-ring (bicyclic) bond motifs is 1. The molecule has 1 aromatic carbocycles. The number of nitrogens with zero attached hydrogens (tertiary/aromatic N) is 1. The van der Waals surface area contributed by atoms with Crippen molar-refractivity contribution in [1.29, 1.82) is 0 Å². The van der Waals surface area contributed by atoms with Crippen LogP contribution in [-0.2, 0) is 13.0 Å². The van der Waals surface area contributed by atoms with Crippen LogP contribution in [0.4, 0.5) is 0 Å². The van der Waals surface area contributed by atoms with E-state index >= 15 is 0 Å². The van der Waals surface area contributed by atoms with E-state index in [0.717, 1.165) is 12.5 Å². The predicted octanol–water partition coefficient (Wildman–Crippen LogP) is 2.04. The van der Waals surface area contributed by atoms with E-state index in [4.69, 9.17) is 0 Å². The zero-order valence-electron chi connectivity index (χ0n) is 10.5. The zero-order valence-corrected chi connectivity index (χ0v) is 10.5. The normalized spacial score (nSPS) is 21.6. The largest absolute Gasteiger partial charge is 0.316 e. The molecule has 92 valence electrons. The molecule has 1 aromatic rings. The van der Waals surface area contributed by atoms with E-state index in [1.54, 1.807) is 11.1 Å². The van der Waals surface area contributed by atoms with Crippen molar-refractivity contribution in [2.45, 2.75) is 25.8 Å². The summed E-state index contributed by atoms with van der Waals surface area (Å²) in [6, 6.07) is 8.96. The van der Waals surface area contributed by atoms with Crippen LogP contribution >= 0.6 is 0 Å². The summed E-state index contributed by atoms with van der Waals surface area (Å²) in [5.74, 6) is 0.938. The highest BCUT2D eigenvalue weighted by Crippen LogP contribution is 2.19. The highest BCUT2D eigenvalue weighted by molar-refractivity contribution is 5.27. The van der Waals surface area contributed by atoms with Gasteiger partial charge in [-0.15, -0.1) is 0 Å². The van der Waals surface area contributed by atoms with Gasteiger partial charge in [0.15, 0.2) is 0 Å². The van der Waals surface area contributed by atoms with E-state index in [1.165, 1.54) is 45.4 Å². The Morgan fingerprint density at radius 3 is 2.76 bits per heavy atom. The summed E-state index contributed by atoms with van der Waals surface area (Å²) in [6.07, 6.45) is 3.95. The van der Waals surface area contributed by atoms with Gasteiger partial charge in [-0.1, -0.05) is 24.3 Å². The lowest BCUT2D eigenvalue weighted by Crippen LogP contribution is -2.43. The van der Waals surface area contributed by atoms with Gasteiger partial charge < -0.3 is 5.32 Å². The van der Waals surface area contributed by atoms with Gasteiger partial charge in [0.25, 0.3) is 0 Å². The van der Waals surface area contributed by atoms with Crippen molar-refractivity contribution in [3.63, 3.8) is 0 Å². The lowest BCUT2D eigenvalue weighted by molar-refractivity contribution is 0.222. The van der Waals surface area contributed by atoms with Gasteiger partial charge in [-0.25, -0.2) is 0 Å². The van der Waals surface area contributed by atoms with Crippen molar-refractivity contribution in [2.75, 3.05) is 26.2 Å². The molecule has 2 heterocycles. The Morgan fingerprint density at radius 2 is 2.00 bits per heavy atom. The summed E-state index contributed by atoms with van der Waals surface area (Å²) in [5, 5.41) is 3.36. The minimum atomic E-state index is 0.938. The van der Waals surface area contributed by atoms with Gasteiger partial charge >= 0.3 is 0 Å². The fraction of sp³-hybridized carbons (Fsp3) is 0.600. The topological polar surface area (TPSA) is 15.3 Å². The molecule has 2 aliphatic rings. The maximum Gasteiger partial charge on any atom is 0.0236 e. The van der Waals surface area contributed by atoms with Crippen molar-refractivity contribution in [1.82, 2.24) is 10.2 Å². The van der Waals surface area contributed by atoms with E-state index < -0.39 is 0 Å². The van der Waals surface area contributed by atoms with Gasteiger partial charge in [-0.3, -0.25) is 4.90 Å². The molecule has 0 spiro atoms. The van der Waals surface area contributed by atoms with Crippen LogP contribution in [0.3, 0.4) is 0 Å². The second-order valence-electron chi connectivity index (χ2n) is 5.46. The summed E-state index contributed by atoms with van der Waals surface area (Å²) in [4.78, 5) is 2.64. The second-order valence-corrected chi connectivity index (χ2v) is 5.46. The number of hydrogen-bond donors (Lipinski definition) is 1. The van der Waals surface area contributed by atoms with Crippen molar-refractivity contribution in [3.8, 4) is 0 Å². The predicted molar refractivity (Wildman–Crippen MR) is 71.0 cm³/mol. The van der Waals surface area contributed by atoms with Crippen molar-refractivity contribution < 1.29 is 0 Å². The van der Waals surface area contributed by atoms with Gasteiger partial charge in [0.05, 0.1) is 0 Å². The quantitative estimate of drug-likeness (QED) is 0.855. The number of hydrogen-bond acceptors (Lipinski definition) is 2. The van der Waals surface area contributed by atoms with Crippen LogP contribution in [0.25, 0.3) is 0 Å². The van der Waals surface area contributed by atoms with Crippen molar-refractivity contribution in [3.05, 3.63) is 35.4 Å². The molecule has 0 amide bonds. The first kappa shape index (κ1) is 11.2. The first-order valence-corrected chi connectivity index (χ1v) is 6.91. The summed E-state index contributed by atoms with van der Waals surface area (Å²) < 4.78 is 0. The van der Waals surface area contributed by atoms with Crippen molar-refractivity contribution >= 4 is 0 Å². The number of benzene rings is 1. The van der Waals surface area contributed by atoms with Crippen LogP contribution in [0.2, 0.25) is 0 Å². The van der Waals surface area contributed by atoms with Gasteiger partial charge in [0.2, 0.25) is 0 Å². The molecule has 17 heavy (non-hydrogen) atoms. The third kappa shape index (κ3) is 2.70.